The number of fused-ring (bicyclic) bond motifs is 1. The monoisotopic (exact) mass is 258 g/mol. The molecule has 1 unspecified atom stereocenters. The predicted molar refractivity (Wildman–Crippen MR) is 77.9 cm³/mol. The molecular weight excluding hydrogens is 236 g/mol. The molecule has 0 saturated carbocycles. The SMILES string of the molecule is CCCn1c(CN2CCC(N)C2)nc2ccccc21. The Morgan fingerprint density at radius 3 is 2.95 bits per heavy atom. The van der Waals surface area contributed by atoms with E-state index in [4.69, 9.17) is 10.7 Å². The largest absolute Gasteiger partial charge is 0.327 e. The number of aryl methyl sites for hydroxylation is 1. The summed E-state index contributed by atoms with van der Waals surface area (Å²) in [5.41, 5.74) is 8.34. The highest BCUT2D eigenvalue weighted by Gasteiger charge is 2.21. The van der Waals surface area contributed by atoms with Gasteiger partial charge in [0.15, 0.2) is 0 Å². The van der Waals surface area contributed by atoms with Gasteiger partial charge < -0.3 is 10.3 Å². The number of hydrogen-bond acceptors (Lipinski definition) is 3. The van der Waals surface area contributed by atoms with Gasteiger partial charge in [-0.3, -0.25) is 4.90 Å². The van der Waals surface area contributed by atoms with Crippen LogP contribution in [0.5, 0.6) is 0 Å². The van der Waals surface area contributed by atoms with Gasteiger partial charge in [-0.25, -0.2) is 4.98 Å². The van der Waals surface area contributed by atoms with Gasteiger partial charge >= 0.3 is 0 Å². The number of nitrogens with two attached hydrogens (primary N) is 1. The Morgan fingerprint density at radius 2 is 2.21 bits per heavy atom. The van der Waals surface area contributed by atoms with Crippen molar-refractivity contribution in [3.8, 4) is 0 Å². The highest BCUT2D eigenvalue weighted by Crippen LogP contribution is 2.19. The van der Waals surface area contributed by atoms with Crippen LogP contribution in [0.25, 0.3) is 11.0 Å². The second-order valence-electron chi connectivity index (χ2n) is 5.45. The minimum absolute atomic E-state index is 0.337. The van der Waals surface area contributed by atoms with Crippen LogP contribution in [-0.4, -0.2) is 33.6 Å². The summed E-state index contributed by atoms with van der Waals surface area (Å²) in [5.74, 6) is 1.18. The average Bonchev–Trinajstić information content (AvgIpc) is 2.96. The van der Waals surface area contributed by atoms with Crippen LogP contribution < -0.4 is 5.73 Å². The van der Waals surface area contributed by atoms with Crippen LogP contribution in [0.4, 0.5) is 0 Å². The van der Waals surface area contributed by atoms with E-state index in [2.05, 4.69) is 40.7 Å². The molecule has 1 fully saturated rings. The van der Waals surface area contributed by atoms with Crippen molar-refractivity contribution < 1.29 is 0 Å². The number of nitrogens with zero attached hydrogens (tertiary/aromatic N) is 3. The second kappa shape index (κ2) is 5.31. The highest BCUT2D eigenvalue weighted by molar-refractivity contribution is 5.75. The van der Waals surface area contributed by atoms with Crippen LogP contribution >= 0.6 is 0 Å². The highest BCUT2D eigenvalue weighted by atomic mass is 15.2. The molecule has 1 aromatic carbocycles. The maximum absolute atomic E-state index is 5.98. The molecule has 1 aliphatic rings. The number of aromatic nitrogens is 2. The molecule has 19 heavy (non-hydrogen) atoms. The quantitative estimate of drug-likeness (QED) is 0.912. The zero-order chi connectivity index (χ0) is 13.2. The average molecular weight is 258 g/mol. The molecule has 2 heterocycles. The van der Waals surface area contributed by atoms with Gasteiger partial charge in [0, 0.05) is 25.7 Å². The van der Waals surface area contributed by atoms with Crippen LogP contribution in [0.15, 0.2) is 24.3 Å². The summed E-state index contributed by atoms with van der Waals surface area (Å²) in [5, 5.41) is 0. The molecule has 4 nitrogen and oxygen atoms in total. The van der Waals surface area contributed by atoms with Crippen molar-refractivity contribution in [2.45, 2.75) is 38.9 Å². The van der Waals surface area contributed by atoms with Crippen molar-refractivity contribution in [3.63, 3.8) is 0 Å². The molecule has 0 spiro atoms. The van der Waals surface area contributed by atoms with Gasteiger partial charge in [0.1, 0.15) is 5.82 Å². The third-order valence-electron chi connectivity index (χ3n) is 3.85. The summed E-state index contributed by atoms with van der Waals surface area (Å²) in [7, 11) is 0. The molecule has 0 amide bonds. The van der Waals surface area contributed by atoms with E-state index in [1.807, 2.05) is 0 Å². The van der Waals surface area contributed by atoms with Gasteiger partial charge in [0.25, 0.3) is 0 Å². The molecular formula is C15H22N4. The summed E-state index contributed by atoms with van der Waals surface area (Å²) in [4.78, 5) is 7.22. The number of benzene rings is 1. The number of likely N-dealkylation sites (tertiary alicyclic amines) is 1. The molecule has 4 heteroatoms. The van der Waals surface area contributed by atoms with E-state index in [1.165, 1.54) is 11.3 Å². The molecule has 3 rings (SSSR count). The summed E-state index contributed by atoms with van der Waals surface area (Å²) in [6.45, 7) is 6.26. The number of hydrogen-bond donors (Lipinski definition) is 1. The minimum Gasteiger partial charge on any atom is -0.327 e. The zero-order valence-electron chi connectivity index (χ0n) is 11.5. The van der Waals surface area contributed by atoms with Gasteiger partial charge in [-0.1, -0.05) is 19.1 Å². The van der Waals surface area contributed by atoms with Crippen LogP contribution in [0.1, 0.15) is 25.6 Å². The van der Waals surface area contributed by atoms with E-state index in [1.54, 1.807) is 0 Å². The Kier molecular flexibility index (Phi) is 3.53. The Hall–Kier alpha value is -1.39. The summed E-state index contributed by atoms with van der Waals surface area (Å²) >= 11 is 0. The van der Waals surface area contributed by atoms with E-state index in [-0.39, 0.29) is 0 Å². The molecule has 2 aromatic rings. The smallest absolute Gasteiger partial charge is 0.124 e. The van der Waals surface area contributed by atoms with Crippen LogP contribution in [0, 0.1) is 0 Å². The molecule has 2 N–H and O–H groups in total. The summed E-state index contributed by atoms with van der Waals surface area (Å²) in [6.07, 6.45) is 2.24. The molecule has 1 aliphatic heterocycles. The first kappa shape index (κ1) is 12.6. The van der Waals surface area contributed by atoms with Gasteiger partial charge in [0.05, 0.1) is 17.6 Å². The van der Waals surface area contributed by atoms with Crippen molar-refractivity contribution in [3.05, 3.63) is 30.1 Å². The van der Waals surface area contributed by atoms with E-state index >= 15 is 0 Å². The van der Waals surface area contributed by atoms with Gasteiger partial charge in [0.2, 0.25) is 0 Å². The first-order valence-electron chi connectivity index (χ1n) is 7.20. The predicted octanol–water partition coefficient (Wildman–Crippen LogP) is 1.98. The van der Waals surface area contributed by atoms with Crippen molar-refractivity contribution in [2.75, 3.05) is 13.1 Å². The third-order valence-corrected chi connectivity index (χ3v) is 3.85. The van der Waals surface area contributed by atoms with Crippen molar-refractivity contribution in [2.24, 2.45) is 5.73 Å². The van der Waals surface area contributed by atoms with Crippen molar-refractivity contribution >= 4 is 11.0 Å². The van der Waals surface area contributed by atoms with Crippen LogP contribution in [0.2, 0.25) is 0 Å². The van der Waals surface area contributed by atoms with Crippen molar-refractivity contribution in [1.82, 2.24) is 14.5 Å². The topological polar surface area (TPSA) is 47.1 Å². The van der Waals surface area contributed by atoms with Crippen LogP contribution in [0.3, 0.4) is 0 Å². The first-order valence-corrected chi connectivity index (χ1v) is 7.20. The first-order chi connectivity index (χ1) is 9.28. The summed E-state index contributed by atoms with van der Waals surface area (Å²) < 4.78 is 2.36. The Bertz CT molecular complexity index is 560. The van der Waals surface area contributed by atoms with Gasteiger partial charge in [-0.15, -0.1) is 0 Å². The maximum atomic E-state index is 5.98. The second-order valence-corrected chi connectivity index (χ2v) is 5.45. The molecule has 0 radical (unpaired) electrons. The molecule has 0 aliphatic carbocycles. The number of imidazole rings is 1. The lowest BCUT2D eigenvalue weighted by Gasteiger charge is -2.16. The lowest BCUT2D eigenvalue weighted by molar-refractivity contribution is 0.313. The lowest BCUT2D eigenvalue weighted by Crippen LogP contribution is -2.27. The van der Waals surface area contributed by atoms with Gasteiger partial charge in [-0.2, -0.15) is 0 Å². The molecule has 1 atom stereocenters. The van der Waals surface area contributed by atoms with E-state index in [0.717, 1.165) is 44.5 Å². The van der Waals surface area contributed by atoms with Crippen molar-refractivity contribution in [1.29, 1.82) is 0 Å². The molecule has 1 saturated heterocycles. The van der Waals surface area contributed by atoms with E-state index in [9.17, 15) is 0 Å². The van der Waals surface area contributed by atoms with E-state index < -0.39 is 0 Å². The Labute approximate surface area is 114 Å². The zero-order valence-corrected chi connectivity index (χ0v) is 11.5. The third kappa shape index (κ3) is 2.51. The van der Waals surface area contributed by atoms with Gasteiger partial charge in [-0.05, 0) is 25.0 Å². The standard InChI is InChI=1S/C15H22N4/c1-2-8-19-14-6-4-3-5-13(14)17-15(19)11-18-9-7-12(16)10-18/h3-6,12H,2,7-11,16H2,1H3. The van der Waals surface area contributed by atoms with Crippen LogP contribution in [-0.2, 0) is 13.1 Å². The molecule has 0 bridgehead atoms. The molecule has 1 aromatic heterocycles. The fourth-order valence-corrected chi connectivity index (χ4v) is 2.93. The fraction of sp³-hybridized carbons (Fsp3) is 0.533. The van der Waals surface area contributed by atoms with E-state index in [0.29, 0.717) is 6.04 Å². The molecule has 102 valence electrons. The summed E-state index contributed by atoms with van der Waals surface area (Å²) in [6, 6.07) is 8.74. The maximum Gasteiger partial charge on any atom is 0.124 e. The number of para-hydroxylation sites is 2. The Morgan fingerprint density at radius 1 is 1.37 bits per heavy atom. The lowest BCUT2D eigenvalue weighted by atomic mass is 10.3. The Balaban J connectivity index is 1.90. The minimum atomic E-state index is 0.337. The number of rotatable bonds is 4. The fourth-order valence-electron chi connectivity index (χ4n) is 2.93. The normalized spacial score (nSPS) is 20.4.